The molecule has 0 unspecified atom stereocenters. The van der Waals surface area contributed by atoms with Crippen LogP contribution in [0.15, 0.2) is 42.5 Å². The molecule has 0 radical (unpaired) electrons. The van der Waals surface area contributed by atoms with Crippen molar-refractivity contribution in [3.05, 3.63) is 64.7 Å². The lowest BCUT2D eigenvalue weighted by atomic mass is 10.1. The average molecular weight is 284 g/mol. The molecule has 0 saturated carbocycles. The van der Waals surface area contributed by atoms with Gasteiger partial charge in [-0.3, -0.25) is 4.79 Å². The number of methoxy groups -OCH3 is 1. The lowest BCUT2D eigenvalue weighted by Gasteiger charge is -2.09. The molecule has 3 N–H and O–H groups in total. The molecule has 0 bridgehead atoms. The van der Waals surface area contributed by atoms with Crippen LogP contribution in [0.2, 0.25) is 0 Å². The lowest BCUT2D eigenvalue weighted by molar-refractivity contribution is 0.0950. The summed E-state index contributed by atoms with van der Waals surface area (Å²) in [5.74, 6) is -0.114. The van der Waals surface area contributed by atoms with Gasteiger partial charge in [0.1, 0.15) is 0 Å². The Bertz CT molecular complexity index is 638. The first kappa shape index (κ1) is 15.1. The van der Waals surface area contributed by atoms with Crippen molar-refractivity contribution in [2.75, 3.05) is 12.8 Å². The Hall–Kier alpha value is -2.33. The molecular weight excluding hydrogens is 264 g/mol. The Morgan fingerprint density at radius 2 is 1.95 bits per heavy atom. The summed E-state index contributed by atoms with van der Waals surface area (Å²) in [7, 11) is 1.66. The van der Waals surface area contributed by atoms with Crippen LogP contribution >= 0.6 is 0 Å². The number of anilines is 1. The number of carbonyl (C=O) groups excluding carboxylic acids is 1. The zero-order valence-electron chi connectivity index (χ0n) is 12.3. The van der Waals surface area contributed by atoms with Crippen molar-refractivity contribution >= 4 is 11.6 Å². The van der Waals surface area contributed by atoms with Gasteiger partial charge < -0.3 is 15.8 Å². The van der Waals surface area contributed by atoms with E-state index < -0.39 is 0 Å². The third-order valence-electron chi connectivity index (χ3n) is 3.26. The molecule has 4 heteroatoms. The Labute approximate surface area is 124 Å². The van der Waals surface area contributed by atoms with Crippen LogP contribution in [0, 0.1) is 6.92 Å². The Morgan fingerprint density at radius 3 is 2.71 bits per heavy atom. The topological polar surface area (TPSA) is 64.3 Å². The van der Waals surface area contributed by atoms with Crippen LogP contribution in [0.1, 0.15) is 27.0 Å². The molecule has 0 aromatic heterocycles. The van der Waals surface area contributed by atoms with E-state index >= 15 is 0 Å². The molecular formula is C17H20N2O2. The van der Waals surface area contributed by atoms with Crippen LogP contribution in [-0.2, 0) is 17.9 Å². The molecule has 0 heterocycles. The van der Waals surface area contributed by atoms with Gasteiger partial charge in [-0.25, -0.2) is 0 Å². The van der Waals surface area contributed by atoms with Crippen molar-refractivity contribution in [3.8, 4) is 0 Å². The maximum atomic E-state index is 12.2. The number of benzene rings is 2. The van der Waals surface area contributed by atoms with Crippen molar-refractivity contribution in [2.24, 2.45) is 0 Å². The highest BCUT2D eigenvalue weighted by atomic mass is 16.5. The summed E-state index contributed by atoms with van der Waals surface area (Å²) in [6, 6.07) is 13.3. The number of hydrogen-bond donors (Lipinski definition) is 2. The van der Waals surface area contributed by atoms with E-state index in [4.69, 9.17) is 10.5 Å². The molecule has 21 heavy (non-hydrogen) atoms. The van der Waals surface area contributed by atoms with E-state index in [1.807, 2.05) is 37.3 Å². The minimum absolute atomic E-state index is 0.114. The molecule has 2 aromatic rings. The van der Waals surface area contributed by atoms with Crippen molar-refractivity contribution in [1.29, 1.82) is 0 Å². The standard InChI is InChI=1S/C17H20N2O2/c1-12-6-7-15(18)9-16(12)17(20)19-10-13-4-3-5-14(8-13)11-21-2/h3-9H,10-11,18H2,1-2H3,(H,19,20). The summed E-state index contributed by atoms with van der Waals surface area (Å²) < 4.78 is 5.11. The molecule has 0 aliphatic heterocycles. The highest BCUT2D eigenvalue weighted by molar-refractivity contribution is 5.96. The fraction of sp³-hybridized carbons (Fsp3) is 0.235. The SMILES string of the molecule is COCc1cccc(CNC(=O)c2cc(N)ccc2C)c1. The summed E-state index contributed by atoms with van der Waals surface area (Å²) in [6.45, 7) is 2.94. The van der Waals surface area contributed by atoms with E-state index in [-0.39, 0.29) is 5.91 Å². The van der Waals surface area contributed by atoms with Gasteiger partial charge in [0.25, 0.3) is 5.91 Å². The van der Waals surface area contributed by atoms with E-state index in [9.17, 15) is 4.79 Å². The Balaban J connectivity index is 2.04. The van der Waals surface area contributed by atoms with Gasteiger partial charge in [0.05, 0.1) is 6.61 Å². The number of ether oxygens (including phenoxy) is 1. The van der Waals surface area contributed by atoms with E-state index in [0.29, 0.717) is 24.4 Å². The van der Waals surface area contributed by atoms with Crippen molar-refractivity contribution in [2.45, 2.75) is 20.1 Å². The molecule has 1 amide bonds. The van der Waals surface area contributed by atoms with E-state index in [0.717, 1.165) is 16.7 Å². The Morgan fingerprint density at radius 1 is 1.19 bits per heavy atom. The average Bonchev–Trinajstić information content (AvgIpc) is 2.48. The van der Waals surface area contributed by atoms with Gasteiger partial charge in [0.2, 0.25) is 0 Å². The van der Waals surface area contributed by atoms with Gasteiger partial charge in [0.15, 0.2) is 0 Å². The zero-order chi connectivity index (χ0) is 15.2. The number of nitrogens with two attached hydrogens (primary N) is 1. The Kier molecular flexibility index (Phi) is 4.95. The van der Waals surface area contributed by atoms with Crippen LogP contribution < -0.4 is 11.1 Å². The van der Waals surface area contributed by atoms with Gasteiger partial charge in [-0.15, -0.1) is 0 Å². The molecule has 0 atom stereocenters. The first-order valence-electron chi connectivity index (χ1n) is 6.81. The van der Waals surface area contributed by atoms with Gasteiger partial charge >= 0.3 is 0 Å². The van der Waals surface area contributed by atoms with Crippen molar-refractivity contribution in [3.63, 3.8) is 0 Å². The number of aryl methyl sites for hydroxylation is 1. The molecule has 4 nitrogen and oxygen atoms in total. The minimum atomic E-state index is -0.114. The molecule has 0 aliphatic rings. The molecule has 0 fully saturated rings. The second-order valence-corrected chi connectivity index (χ2v) is 5.01. The summed E-state index contributed by atoms with van der Waals surface area (Å²) in [4.78, 5) is 12.2. The lowest BCUT2D eigenvalue weighted by Crippen LogP contribution is -2.23. The van der Waals surface area contributed by atoms with Gasteiger partial charge in [-0.05, 0) is 35.7 Å². The van der Waals surface area contributed by atoms with Crippen molar-refractivity contribution < 1.29 is 9.53 Å². The molecule has 0 spiro atoms. The van der Waals surface area contributed by atoms with E-state index in [2.05, 4.69) is 5.32 Å². The summed E-state index contributed by atoms with van der Waals surface area (Å²) >= 11 is 0. The number of carbonyl (C=O) groups is 1. The first-order valence-corrected chi connectivity index (χ1v) is 6.81. The number of amides is 1. The zero-order valence-corrected chi connectivity index (χ0v) is 12.3. The molecule has 0 saturated heterocycles. The molecule has 2 rings (SSSR count). The molecule has 0 aliphatic carbocycles. The maximum absolute atomic E-state index is 12.2. The van der Waals surface area contributed by atoms with Crippen LogP contribution in [-0.4, -0.2) is 13.0 Å². The minimum Gasteiger partial charge on any atom is -0.399 e. The number of nitrogen functional groups attached to an aromatic ring is 1. The van der Waals surface area contributed by atoms with Crippen LogP contribution in [0.3, 0.4) is 0 Å². The predicted molar refractivity (Wildman–Crippen MR) is 83.9 cm³/mol. The fourth-order valence-corrected chi connectivity index (χ4v) is 2.16. The first-order chi connectivity index (χ1) is 10.1. The van der Waals surface area contributed by atoms with E-state index in [1.165, 1.54) is 0 Å². The number of rotatable bonds is 5. The highest BCUT2D eigenvalue weighted by Gasteiger charge is 2.09. The van der Waals surface area contributed by atoms with Gasteiger partial charge in [0, 0.05) is 24.9 Å². The van der Waals surface area contributed by atoms with Gasteiger partial charge in [-0.1, -0.05) is 30.3 Å². The maximum Gasteiger partial charge on any atom is 0.251 e. The largest absolute Gasteiger partial charge is 0.399 e. The van der Waals surface area contributed by atoms with Gasteiger partial charge in [-0.2, -0.15) is 0 Å². The number of nitrogens with one attached hydrogen (secondary N) is 1. The second kappa shape index (κ2) is 6.90. The summed E-state index contributed by atoms with van der Waals surface area (Å²) in [6.07, 6.45) is 0. The molecule has 110 valence electrons. The fourth-order valence-electron chi connectivity index (χ4n) is 2.16. The van der Waals surface area contributed by atoms with Crippen LogP contribution in [0.25, 0.3) is 0 Å². The smallest absolute Gasteiger partial charge is 0.251 e. The van der Waals surface area contributed by atoms with E-state index in [1.54, 1.807) is 19.2 Å². The van der Waals surface area contributed by atoms with Crippen molar-refractivity contribution in [1.82, 2.24) is 5.32 Å². The summed E-state index contributed by atoms with van der Waals surface area (Å²) in [5, 5.41) is 2.92. The second-order valence-electron chi connectivity index (χ2n) is 5.01. The van der Waals surface area contributed by atoms with Crippen LogP contribution in [0.5, 0.6) is 0 Å². The third-order valence-corrected chi connectivity index (χ3v) is 3.26. The number of hydrogen-bond acceptors (Lipinski definition) is 3. The monoisotopic (exact) mass is 284 g/mol. The normalized spacial score (nSPS) is 10.4. The summed E-state index contributed by atoms with van der Waals surface area (Å²) in [5.41, 5.74) is 9.98. The molecule has 2 aromatic carbocycles. The quantitative estimate of drug-likeness (QED) is 0.830. The third kappa shape index (κ3) is 4.07. The predicted octanol–water partition coefficient (Wildman–Crippen LogP) is 2.65. The van der Waals surface area contributed by atoms with Crippen LogP contribution in [0.4, 0.5) is 5.69 Å². The highest BCUT2D eigenvalue weighted by Crippen LogP contribution is 2.13.